The van der Waals surface area contributed by atoms with E-state index in [-0.39, 0.29) is 5.54 Å². The Bertz CT molecular complexity index is 343. The van der Waals surface area contributed by atoms with Crippen LogP contribution in [0.1, 0.15) is 51.6 Å². The van der Waals surface area contributed by atoms with Gasteiger partial charge < -0.3 is 5.32 Å². The quantitative estimate of drug-likeness (QED) is 0.845. The van der Waals surface area contributed by atoms with Gasteiger partial charge in [-0.2, -0.15) is 11.3 Å². The molecule has 1 aliphatic heterocycles. The molecule has 2 unspecified atom stereocenters. The SMILES string of the molecule is CCNC(c1ccsc1)C(C)(CC)N1CCCC1. The first-order valence-electron chi connectivity index (χ1n) is 7.23. The third-order valence-corrected chi connectivity index (χ3v) is 5.15. The molecular weight excluding hydrogens is 240 g/mol. The Morgan fingerprint density at radius 2 is 2.11 bits per heavy atom. The molecule has 1 saturated heterocycles. The molecule has 1 N–H and O–H groups in total. The highest BCUT2D eigenvalue weighted by molar-refractivity contribution is 7.07. The third-order valence-electron chi connectivity index (χ3n) is 4.45. The van der Waals surface area contributed by atoms with E-state index >= 15 is 0 Å². The molecule has 2 rings (SSSR count). The number of nitrogens with zero attached hydrogens (tertiary/aromatic N) is 1. The Morgan fingerprint density at radius 1 is 1.39 bits per heavy atom. The van der Waals surface area contributed by atoms with Crippen molar-refractivity contribution < 1.29 is 0 Å². The minimum Gasteiger partial charge on any atom is -0.309 e. The molecule has 1 aromatic heterocycles. The number of hydrogen-bond acceptors (Lipinski definition) is 3. The summed E-state index contributed by atoms with van der Waals surface area (Å²) >= 11 is 1.80. The van der Waals surface area contributed by atoms with Gasteiger partial charge in [0.1, 0.15) is 0 Å². The average molecular weight is 266 g/mol. The second-order valence-corrected chi connectivity index (χ2v) is 6.23. The van der Waals surface area contributed by atoms with E-state index in [1.54, 1.807) is 11.3 Å². The lowest BCUT2D eigenvalue weighted by molar-refractivity contribution is 0.0848. The van der Waals surface area contributed by atoms with Crippen molar-refractivity contribution >= 4 is 11.3 Å². The molecule has 2 atom stereocenters. The molecule has 0 aromatic carbocycles. The van der Waals surface area contributed by atoms with Gasteiger partial charge in [-0.05, 0) is 68.2 Å². The van der Waals surface area contributed by atoms with Crippen molar-refractivity contribution in [2.24, 2.45) is 0 Å². The molecule has 1 fully saturated rings. The maximum atomic E-state index is 3.72. The molecule has 18 heavy (non-hydrogen) atoms. The van der Waals surface area contributed by atoms with Gasteiger partial charge >= 0.3 is 0 Å². The van der Waals surface area contributed by atoms with Crippen molar-refractivity contribution in [3.05, 3.63) is 22.4 Å². The summed E-state index contributed by atoms with van der Waals surface area (Å²) in [6.45, 7) is 10.5. The van der Waals surface area contributed by atoms with E-state index in [1.165, 1.54) is 37.9 Å². The van der Waals surface area contributed by atoms with Crippen molar-refractivity contribution in [2.75, 3.05) is 19.6 Å². The van der Waals surface area contributed by atoms with Gasteiger partial charge in [0, 0.05) is 5.54 Å². The lowest BCUT2D eigenvalue weighted by Crippen LogP contribution is -2.53. The number of rotatable bonds is 6. The molecule has 2 nitrogen and oxygen atoms in total. The van der Waals surface area contributed by atoms with Crippen molar-refractivity contribution in [1.82, 2.24) is 10.2 Å². The van der Waals surface area contributed by atoms with Gasteiger partial charge in [0.05, 0.1) is 6.04 Å². The molecule has 0 radical (unpaired) electrons. The van der Waals surface area contributed by atoms with Crippen molar-refractivity contribution in [1.29, 1.82) is 0 Å². The molecule has 2 heterocycles. The Hall–Kier alpha value is -0.380. The fourth-order valence-corrected chi connectivity index (χ4v) is 3.86. The van der Waals surface area contributed by atoms with E-state index in [0.717, 1.165) is 6.54 Å². The van der Waals surface area contributed by atoms with Crippen LogP contribution in [0.2, 0.25) is 0 Å². The van der Waals surface area contributed by atoms with E-state index in [2.05, 4.69) is 47.8 Å². The Balaban J connectivity index is 2.25. The first-order valence-corrected chi connectivity index (χ1v) is 8.17. The van der Waals surface area contributed by atoms with Crippen molar-refractivity contribution in [3.63, 3.8) is 0 Å². The van der Waals surface area contributed by atoms with Crippen LogP contribution in [0.4, 0.5) is 0 Å². The van der Waals surface area contributed by atoms with E-state index < -0.39 is 0 Å². The fourth-order valence-electron chi connectivity index (χ4n) is 3.18. The van der Waals surface area contributed by atoms with Crippen LogP contribution in [0.25, 0.3) is 0 Å². The highest BCUT2D eigenvalue weighted by Gasteiger charge is 2.39. The molecule has 1 aromatic rings. The predicted octanol–water partition coefficient (Wildman–Crippen LogP) is 3.66. The smallest absolute Gasteiger partial charge is 0.0512 e. The summed E-state index contributed by atoms with van der Waals surface area (Å²) in [4.78, 5) is 2.69. The van der Waals surface area contributed by atoms with Crippen LogP contribution in [0, 0.1) is 0 Å². The normalized spacial score (nSPS) is 21.9. The highest BCUT2D eigenvalue weighted by Crippen LogP contribution is 2.37. The molecule has 102 valence electrons. The zero-order valence-corrected chi connectivity index (χ0v) is 12.7. The fraction of sp³-hybridized carbons (Fsp3) is 0.733. The van der Waals surface area contributed by atoms with Gasteiger partial charge in [0.25, 0.3) is 0 Å². The molecule has 0 spiro atoms. The minimum absolute atomic E-state index is 0.244. The molecule has 0 amide bonds. The van der Waals surface area contributed by atoms with Crippen LogP contribution in [0.15, 0.2) is 16.8 Å². The lowest BCUT2D eigenvalue weighted by atomic mass is 9.84. The summed E-state index contributed by atoms with van der Waals surface area (Å²) < 4.78 is 0. The summed E-state index contributed by atoms with van der Waals surface area (Å²) in [7, 11) is 0. The molecule has 0 aliphatic carbocycles. The maximum absolute atomic E-state index is 3.72. The molecular formula is C15H26N2S. The second kappa shape index (κ2) is 6.18. The zero-order chi connectivity index (χ0) is 13.0. The Labute approximate surface area is 115 Å². The lowest BCUT2D eigenvalue weighted by Gasteiger charge is -2.44. The summed E-state index contributed by atoms with van der Waals surface area (Å²) in [5.74, 6) is 0. The van der Waals surface area contributed by atoms with Crippen LogP contribution in [0.3, 0.4) is 0 Å². The summed E-state index contributed by atoms with van der Waals surface area (Å²) in [6.07, 6.45) is 3.91. The van der Waals surface area contributed by atoms with E-state index in [4.69, 9.17) is 0 Å². The van der Waals surface area contributed by atoms with E-state index in [1.807, 2.05) is 0 Å². The number of likely N-dealkylation sites (N-methyl/N-ethyl adjacent to an activating group) is 1. The van der Waals surface area contributed by atoms with E-state index in [0.29, 0.717) is 6.04 Å². The molecule has 3 heteroatoms. The summed E-state index contributed by atoms with van der Waals surface area (Å²) in [6, 6.07) is 2.74. The maximum Gasteiger partial charge on any atom is 0.0512 e. The predicted molar refractivity (Wildman–Crippen MR) is 80.2 cm³/mol. The van der Waals surface area contributed by atoms with E-state index in [9.17, 15) is 0 Å². The monoisotopic (exact) mass is 266 g/mol. The largest absolute Gasteiger partial charge is 0.309 e. The Kier molecular flexibility index (Phi) is 4.82. The first kappa shape index (κ1) is 14.0. The number of nitrogens with one attached hydrogen (secondary N) is 1. The zero-order valence-electron chi connectivity index (χ0n) is 11.9. The number of likely N-dealkylation sites (tertiary alicyclic amines) is 1. The average Bonchev–Trinajstić information content (AvgIpc) is 3.06. The number of hydrogen-bond donors (Lipinski definition) is 1. The molecule has 0 saturated carbocycles. The van der Waals surface area contributed by atoms with Crippen molar-refractivity contribution in [2.45, 2.75) is 51.6 Å². The van der Waals surface area contributed by atoms with Gasteiger partial charge in [-0.3, -0.25) is 4.90 Å². The van der Waals surface area contributed by atoms with Crippen LogP contribution >= 0.6 is 11.3 Å². The van der Waals surface area contributed by atoms with Crippen LogP contribution < -0.4 is 5.32 Å². The van der Waals surface area contributed by atoms with Crippen LogP contribution in [-0.2, 0) is 0 Å². The van der Waals surface area contributed by atoms with Gasteiger partial charge in [-0.25, -0.2) is 0 Å². The van der Waals surface area contributed by atoms with Gasteiger partial charge in [-0.1, -0.05) is 13.8 Å². The highest BCUT2D eigenvalue weighted by atomic mass is 32.1. The first-order chi connectivity index (χ1) is 8.72. The standard InChI is InChI=1S/C15H26N2S/c1-4-15(3,17-9-6-7-10-17)14(16-5-2)13-8-11-18-12-13/h8,11-12,14,16H,4-7,9-10H2,1-3H3. The van der Waals surface area contributed by atoms with Gasteiger partial charge in [-0.15, -0.1) is 0 Å². The van der Waals surface area contributed by atoms with Crippen molar-refractivity contribution in [3.8, 4) is 0 Å². The molecule has 0 bridgehead atoms. The third kappa shape index (κ3) is 2.63. The summed E-state index contributed by atoms with van der Waals surface area (Å²) in [5, 5.41) is 8.22. The molecule has 1 aliphatic rings. The minimum atomic E-state index is 0.244. The van der Waals surface area contributed by atoms with Gasteiger partial charge in [0.2, 0.25) is 0 Å². The topological polar surface area (TPSA) is 15.3 Å². The second-order valence-electron chi connectivity index (χ2n) is 5.45. The van der Waals surface area contributed by atoms with Gasteiger partial charge in [0.15, 0.2) is 0 Å². The summed E-state index contributed by atoms with van der Waals surface area (Å²) in [5.41, 5.74) is 1.70. The van der Waals surface area contributed by atoms with Crippen LogP contribution in [0.5, 0.6) is 0 Å². The van der Waals surface area contributed by atoms with Crippen LogP contribution in [-0.4, -0.2) is 30.1 Å². The number of thiophene rings is 1. The Morgan fingerprint density at radius 3 is 2.61 bits per heavy atom.